The Morgan fingerprint density at radius 2 is 1.51 bits per heavy atom. The summed E-state index contributed by atoms with van der Waals surface area (Å²) in [5.41, 5.74) is 4.61. The molecule has 0 spiro atoms. The molecule has 0 saturated heterocycles. The summed E-state index contributed by atoms with van der Waals surface area (Å²) < 4.78 is 5.31. The minimum absolute atomic E-state index is 0.143. The molecule has 0 aliphatic heterocycles. The van der Waals surface area contributed by atoms with E-state index in [0.29, 0.717) is 17.8 Å². The number of aliphatic hydroxyl groups is 1. The third-order valence-corrected chi connectivity index (χ3v) is 5.75. The van der Waals surface area contributed by atoms with E-state index in [1.165, 1.54) is 24.5 Å². The van der Waals surface area contributed by atoms with E-state index in [4.69, 9.17) is 9.94 Å². The Hall–Kier alpha value is -5.13. The fraction of sp³-hybridized carbons (Fsp3) is 0.194. The van der Waals surface area contributed by atoms with E-state index in [9.17, 15) is 19.5 Å². The highest BCUT2D eigenvalue weighted by Crippen LogP contribution is 2.16. The average molecular weight is 555 g/mol. The lowest BCUT2D eigenvalue weighted by Crippen LogP contribution is -2.51. The zero-order valence-electron chi connectivity index (χ0n) is 22.5. The smallest absolute Gasteiger partial charge is 0.268 e. The fourth-order valence-electron chi connectivity index (χ4n) is 3.61. The van der Waals surface area contributed by atoms with E-state index >= 15 is 0 Å². The predicted molar refractivity (Wildman–Crippen MR) is 153 cm³/mol. The summed E-state index contributed by atoms with van der Waals surface area (Å²) >= 11 is 0. The summed E-state index contributed by atoms with van der Waals surface area (Å²) in [4.78, 5) is 36.2. The molecule has 0 aliphatic carbocycles. The molecule has 0 aromatic heterocycles. The number of amides is 3. The second-order valence-electron chi connectivity index (χ2n) is 8.79. The molecule has 2 atom stereocenters. The van der Waals surface area contributed by atoms with E-state index in [1.54, 1.807) is 43.5 Å². The van der Waals surface area contributed by atoms with E-state index in [2.05, 4.69) is 39.6 Å². The molecule has 0 aliphatic rings. The van der Waals surface area contributed by atoms with E-state index in [0.717, 1.165) is 16.9 Å². The number of ether oxygens (including phenoxy) is 1. The minimum Gasteiger partial charge on any atom is -0.496 e. The first kappa shape index (κ1) is 30.4. The van der Waals surface area contributed by atoms with Crippen LogP contribution in [0.15, 0.2) is 72.8 Å². The molecule has 0 unspecified atom stereocenters. The van der Waals surface area contributed by atoms with E-state index in [1.807, 2.05) is 24.3 Å². The van der Waals surface area contributed by atoms with E-state index < -0.39 is 24.0 Å². The number of nitrogens with one attached hydrogen (secondary N) is 4. The van der Waals surface area contributed by atoms with Crippen LogP contribution in [-0.2, 0) is 16.1 Å². The molecular weight excluding hydrogens is 524 g/mol. The van der Waals surface area contributed by atoms with Gasteiger partial charge in [0.2, 0.25) is 5.91 Å². The molecule has 3 amide bonds. The number of aliphatic hydroxyl groups excluding tert-OH is 1. The molecule has 210 valence electrons. The third kappa shape index (κ3) is 9.53. The van der Waals surface area contributed by atoms with Crippen molar-refractivity contribution < 1.29 is 29.4 Å². The van der Waals surface area contributed by atoms with Crippen molar-refractivity contribution in [2.75, 3.05) is 19.0 Å². The van der Waals surface area contributed by atoms with E-state index in [-0.39, 0.29) is 18.0 Å². The molecule has 3 rings (SSSR count). The van der Waals surface area contributed by atoms with Crippen LogP contribution >= 0.6 is 0 Å². The monoisotopic (exact) mass is 554 g/mol. The van der Waals surface area contributed by atoms with Gasteiger partial charge in [0.15, 0.2) is 0 Å². The summed E-state index contributed by atoms with van der Waals surface area (Å²) in [6.07, 6.45) is -1.21. The highest BCUT2D eigenvalue weighted by atomic mass is 16.5. The third-order valence-electron chi connectivity index (χ3n) is 5.75. The van der Waals surface area contributed by atoms with Gasteiger partial charge >= 0.3 is 0 Å². The van der Waals surface area contributed by atoms with Crippen molar-refractivity contribution in [3.8, 4) is 29.4 Å². The maximum absolute atomic E-state index is 12.3. The van der Waals surface area contributed by atoms with Crippen molar-refractivity contribution in [2.45, 2.75) is 25.6 Å². The van der Waals surface area contributed by atoms with Crippen molar-refractivity contribution in [2.24, 2.45) is 0 Å². The first-order valence-corrected chi connectivity index (χ1v) is 12.6. The SMILES string of the molecule is COc1ccccc1CNCC(=O)Nc1ccc(C#CC#Cc2ccc(C(=O)N[C@H](C(=O)NO)[C@@H](C)O)cc2)cc1. The van der Waals surface area contributed by atoms with Gasteiger partial charge in [0.25, 0.3) is 11.8 Å². The van der Waals surface area contributed by atoms with Crippen LogP contribution in [0.2, 0.25) is 0 Å². The van der Waals surface area contributed by atoms with Crippen molar-refractivity contribution in [3.05, 3.63) is 95.1 Å². The first-order chi connectivity index (χ1) is 19.8. The summed E-state index contributed by atoms with van der Waals surface area (Å²) in [5, 5.41) is 26.7. The van der Waals surface area contributed by atoms with Crippen molar-refractivity contribution in [1.82, 2.24) is 16.1 Å². The number of hydroxylamine groups is 1. The maximum atomic E-state index is 12.3. The van der Waals surface area contributed by atoms with Gasteiger partial charge in [-0.15, -0.1) is 0 Å². The molecule has 6 N–H and O–H groups in total. The Morgan fingerprint density at radius 1 is 0.902 bits per heavy atom. The Bertz CT molecular complexity index is 1480. The molecule has 0 radical (unpaired) electrons. The van der Waals surface area contributed by atoms with Gasteiger partial charge in [-0.05, 0) is 73.4 Å². The van der Waals surface area contributed by atoms with Crippen LogP contribution in [0.4, 0.5) is 5.69 Å². The van der Waals surface area contributed by atoms with Crippen molar-refractivity contribution in [3.63, 3.8) is 0 Å². The van der Waals surface area contributed by atoms with Gasteiger partial charge < -0.3 is 25.8 Å². The highest BCUT2D eigenvalue weighted by molar-refractivity contribution is 5.97. The molecule has 0 fully saturated rings. The second kappa shape index (κ2) is 15.5. The number of hydrogen-bond acceptors (Lipinski definition) is 7. The topological polar surface area (TPSA) is 149 Å². The zero-order chi connectivity index (χ0) is 29.6. The predicted octanol–water partition coefficient (Wildman–Crippen LogP) is 1.81. The van der Waals surface area contributed by atoms with Gasteiger partial charge in [-0.1, -0.05) is 30.0 Å². The summed E-state index contributed by atoms with van der Waals surface area (Å²) in [5.74, 6) is 10.4. The standard InChI is InChI=1S/C31H30N4O6/c1-21(36)29(31(39)35-40)34-30(38)24-15-11-22(12-16-24)7-3-4-8-23-13-17-26(18-14-23)33-28(37)20-32-19-25-9-5-6-10-27(25)41-2/h5-6,9-18,21,29,32,36,40H,19-20H2,1-2H3,(H,33,37)(H,34,38)(H,35,39)/t21-,29+/m1/s1. The summed E-state index contributed by atoms with van der Waals surface area (Å²) in [6.45, 7) is 1.96. The quantitative estimate of drug-likeness (QED) is 0.127. The molecule has 10 heteroatoms. The number of carbonyl (C=O) groups is 3. The Labute approximate surface area is 238 Å². The number of rotatable bonds is 10. The Morgan fingerprint density at radius 3 is 2.10 bits per heavy atom. The molecule has 0 saturated carbocycles. The number of para-hydroxylation sites is 1. The normalized spacial score (nSPS) is 11.4. The summed E-state index contributed by atoms with van der Waals surface area (Å²) in [7, 11) is 1.61. The van der Waals surface area contributed by atoms with Gasteiger partial charge in [-0.25, -0.2) is 5.48 Å². The van der Waals surface area contributed by atoms with Gasteiger partial charge in [-0.3, -0.25) is 19.6 Å². The van der Waals surface area contributed by atoms with Crippen LogP contribution < -0.4 is 26.2 Å². The van der Waals surface area contributed by atoms with Crippen LogP contribution in [0.1, 0.15) is 34.0 Å². The molecule has 10 nitrogen and oxygen atoms in total. The first-order valence-electron chi connectivity index (χ1n) is 12.6. The van der Waals surface area contributed by atoms with Gasteiger partial charge in [0.1, 0.15) is 11.8 Å². The number of hydrogen-bond donors (Lipinski definition) is 6. The molecule has 3 aromatic rings. The lowest BCUT2D eigenvalue weighted by molar-refractivity contribution is -0.133. The van der Waals surface area contributed by atoms with Gasteiger partial charge in [0.05, 0.1) is 19.8 Å². The average Bonchev–Trinajstić information content (AvgIpc) is 2.98. The van der Waals surface area contributed by atoms with Gasteiger partial charge in [0, 0.05) is 34.5 Å². The van der Waals surface area contributed by atoms with Crippen LogP contribution in [0, 0.1) is 23.7 Å². The van der Waals surface area contributed by atoms with Gasteiger partial charge in [-0.2, -0.15) is 0 Å². The van der Waals surface area contributed by atoms with Crippen molar-refractivity contribution >= 4 is 23.4 Å². The van der Waals surface area contributed by atoms with Crippen LogP contribution in [0.3, 0.4) is 0 Å². The number of anilines is 1. The van der Waals surface area contributed by atoms with Crippen LogP contribution in [0.5, 0.6) is 5.75 Å². The van der Waals surface area contributed by atoms with Crippen LogP contribution in [-0.4, -0.2) is 53.8 Å². The number of methoxy groups -OCH3 is 1. The van der Waals surface area contributed by atoms with Crippen molar-refractivity contribution in [1.29, 1.82) is 0 Å². The summed E-state index contributed by atoms with van der Waals surface area (Å²) in [6, 6.07) is 19.6. The number of benzene rings is 3. The zero-order valence-corrected chi connectivity index (χ0v) is 22.5. The Kier molecular flexibility index (Phi) is 11.5. The number of carbonyl (C=O) groups excluding carboxylic acids is 3. The Balaban J connectivity index is 1.48. The second-order valence-corrected chi connectivity index (χ2v) is 8.79. The van der Waals surface area contributed by atoms with Crippen LogP contribution in [0.25, 0.3) is 0 Å². The molecule has 0 bridgehead atoms. The molecule has 41 heavy (non-hydrogen) atoms. The molecule has 3 aromatic carbocycles. The fourth-order valence-corrected chi connectivity index (χ4v) is 3.61. The highest BCUT2D eigenvalue weighted by Gasteiger charge is 2.25. The molecular formula is C31H30N4O6. The molecule has 0 heterocycles. The lowest BCUT2D eigenvalue weighted by Gasteiger charge is -2.19. The minimum atomic E-state index is -1.31. The maximum Gasteiger partial charge on any atom is 0.268 e. The lowest BCUT2D eigenvalue weighted by atomic mass is 10.1. The largest absolute Gasteiger partial charge is 0.496 e.